The summed E-state index contributed by atoms with van der Waals surface area (Å²) in [6.45, 7) is 0. The first-order chi connectivity index (χ1) is 9.99. The van der Waals surface area contributed by atoms with Gasteiger partial charge in [0.2, 0.25) is 11.7 Å². The van der Waals surface area contributed by atoms with Crippen molar-refractivity contribution in [3.8, 4) is 0 Å². The van der Waals surface area contributed by atoms with E-state index in [4.69, 9.17) is 11.6 Å². The van der Waals surface area contributed by atoms with E-state index >= 15 is 0 Å². The molecule has 1 atom stereocenters. The van der Waals surface area contributed by atoms with E-state index in [0.717, 1.165) is 12.1 Å². The van der Waals surface area contributed by atoms with Crippen LogP contribution in [-0.2, 0) is 4.79 Å². The summed E-state index contributed by atoms with van der Waals surface area (Å²) < 4.78 is 13.2. The van der Waals surface area contributed by atoms with Gasteiger partial charge in [0.15, 0.2) is 0 Å². The van der Waals surface area contributed by atoms with E-state index in [1.807, 2.05) is 0 Å². The number of hydrogen-bond donors (Lipinski definition) is 1. The summed E-state index contributed by atoms with van der Waals surface area (Å²) in [5, 5.41) is 12.1. The zero-order chi connectivity index (χ0) is 15.4. The number of nitrogens with zero attached hydrogens (tertiary/aromatic N) is 1. The number of nitro groups is 1. The first kappa shape index (κ1) is 14.9. The molecule has 0 aliphatic heterocycles. The van der Waals surface area contributed by atoms with E-state index in [-0.39, 0.29) is 5.69 Å². The van der Waals surface area contributed by atoms with E-state index in [0.29, 0.717) is 5.56 Å². The number of anilines is 1. The quantitative estimate of drug-likeness (QED) is 0.532. The van der Waals surface area contributed by atoms with Gasteiger partial charge in [-0.15, -0.1) is 11.6 Å². The minimum atomic E-state index is -0.969. The lowest BCUT2D eigenvalue weighted by molar-refractivity contribution is -0.387. The Labute approximate surface area is 124 Å². The molecule has 2 rings (SSSR count). The molecule has 1 unspecified atom stereocenters. The molecule has 0 heterocycles. The summed E-state index contributed by atoms with van der Waals surface area (Å²) >= 11 is 6.02. The van der Waals surface area contributed by atoms with Gasteiger partial charge in [0, 0.05) is 11.8 Å². The SMILES string of the molecule is O=C(Nc1ccc(F)c([N+](=O)[O-])c1)C(Cl)c1ccccc1. The normalized spacial score (nSPS) is 11.7. The Bertz CT molecular complexity index is 679. The van der Waals surface area contributed by atoms with Gasteiger partial charge in [0.25, 0.3) is 0 Å². The molecule has 0 saturated heterocycles. The molecular formula is C14H10ClFN2O3. The van der Waals surface area contributed by atoms with Crippen molar-refractivity contribution in [2.45, 2.75) is 5.38 Å². The molecule has 0 radical (unpaired) electrons. The highest BCUT2D eigenvalue weighted by Gasteiger charge is 2.20. The molecule has 108 valence electrons. The number of halogens is 2. The number of carbonyl (C=O) groups excluding carboxylic acids is 1. The first-order valence-corrected chi connectivity index (χ1v) is 6.36. The third-order valence-electron chi connectivity index (χ3n) is 2.73. The highest BCUT2D eigenvalue weighted by Crippen LogP contribution is 2.25. The minimum Gasteiger partial charge on any atom is -0.324 e. The molecule has 7 heteroatoms. The van der Waals surface area contributed by atoms with E-state index < -0.39 is 27.7 Å². The van der Waals surface area contributed by atoms with Gasteiger partial charge in [-0.1, -0.05) is 30.3 Å². The molecule has 21 heavy (non-hydrogen) atoms. The van der Waals surface area contributed by atoms with Crippen molar-refractivity contribution >= 4 is 28.9 Å². The molecular weight excluding hydrogens is 299 g/mol. The van der Waals surface area contributed by atoms with E-state index in [1.54, 1.807) is 30.3 Å². The predicted octanol–water partition coefficient (Wildman–Crippen LogP) is 3.65. The zero-order valence-electron chi connectivity index (χ0n) is 10.6. The number of rotatable bonds is 4. The van der Waals surface area contributed by atoms with Crippen LogP contribution in [0.1, 0.15) is 10.9 Å². The Balaban J connectivity index is 2.16. The number of nitrogens with one attached hydrogen (secondary N) is 1. The molecule has 5 nitrogen and oxygen atoms in total. The second-order valence-corrected chi connectivity index (χ2v) is 4.62. The summed E-state index contributed by atoms with van der Waals surface area (Å²) in [6, 6.07) is 11.7. The highest BCUT2D eigenvalue weighted by atomic mass is 35.5. The maximum absolute atomic E-state index is 13.2. The minimum absolute atomic E-state index is 0.106. The number of benzene rings is 2. The summed E-state index contributed by atoms with van der Waals surface area (Å²) in [4.78, 5) is 21.8. The number of carbonyl (C=O) groups is 1. The van der Waals surface area contributed by atoms with Crippen LogP contribution in [0.2, 0.25) is 0 Å². The highest BCUT2D eigenvalue weighted by molar-refractivity contribution is 6.32. The van der Waals surface area contributed by atoms with Crippen LogP contribution < -0.4 is 5.32 Å². The predicted molar refractivity (Wildman–Crippen MR) is 76.7 cm³/mol. The van der Waals surface area contributed by atoms with Crippen LogP contribution in [0, 0.1) is 15.9 Å². The van der Waals surface area contributed by atoms with Gasteiger partial charge < -0.3 is 5.32 Å². The van der Waals surface area contributed by atoms with Crippen molar-refractivity contribution in [1.29, 1.82) is 0 Å². The second-order valence-electron chi connectivity index (χ2n) is 4.19. The fourth-order valence-corrected chi connectivity index (χ4v) is 1.91. The van der Waals surface area contributed by atoms with Gasteiger partial charge >= 0.3 is 5.69 Å². The van der Waals surface area contributed by atoms with Crippen molar-refractivity contribution in [1.82, 2.24) is 0 Å². The van der Waals surface area contributed by atoms with E-state index in [9.17, 15) is 19.3 Å². The van der Waals surface area contributed by atoms with Crippen LogP contribution in [0.15, 0.2) is 48.5 Å². The molecule has 0 aliphatic carbocycles. The monoisotopic (exact) mass is 308 g/mol. The summed E-state index contributed by atoms with van der Waals surface area (Å²) in [5.41, 5.74) is -0.0124. The van der Waals surface area contributed by atoms with E-state index in [2.05, 4.69) is 5.32 Å². The average molecular weight is 309 g/mol. The summed E-state index contributed by atoms with van der Waals surface area (Å²) in [6.07, 6.45) is 0. The molecule has 2 aromatic rings. The number of nitro benzene ring substituents is 1. The van der Waals surface area contributed by atoms with Crippen molar-refractivity contribution < 1.29 is 14.1 Å². The smallest absolute Gasteiger partial charge is 0.306 e. The fourth-order valence-electron chi connectivity index (χ4n) is 1.71. The van der Waals surface area contributed by atoms with Crippen molar-refractivity contribution in [3.05, 3.63) is 70.0 Å². The van der Waals surface area contributed by atoms with Gasteiger partial charge in [-0.3, -0.25) is 14.9 Å². The lowest BCUT2D eigenvalue weighted by atomic mass is 10.1. The standard InChI is InChI=1S/C14H10ClFN2O3/c15-13(9-4-2-1-3-5-9)14(19)17-10-6-7-11(16)12(8-10)18(20)21/h1-8,13H,(H,17,19). The lowest BCUT2D eigenvalue weighted by Crippen LogP contribution is -2.17. The van der Waals surface area contributed by atoms with Crippen LogP contribution in [0.25, 0.3) is 0 Å². The third-order valence-corrected chi connectivity index (χ3v) is 3.18. The Hall–Kier alpha value is -2.47. The topological polar surface area (TPSA) is 72.2 Å². The van der Waals surface area contributed by atoms with Gasteiger partial charge in [-0.2, -0.15) is 4.39 Å². The molecule has 0 spiro atoms. The van der Waals surface area contributed by atoms with Crippen LogP contribution in [-0.4, -0.2) is 10.8 Å². The van der Waals surface area contributed by atoms with Crippen LogP contribution >= 0.6 is 11.6 Å². The van der Waals surface area contributed by atoms with Crippen LogP contribution in [0.5, 0.6) is 0 Å². The molecule has 1 amide bonds. The molecule has 0 saturated carbocycles. The van der Waals surface area contributed by atoms with Gasteiger partial charge in [-0.25, -0.2) is 0 Å². The Morgan fingerprint density at radius 1 is 1.24 bits per heavy atom. The van der Waals surface area contributed by atoms with Gasteiger partial charge in [0.05, 0.1) is 4.92 Å². The molecule has 0 aromatic heterocycles. The van der Waals surface area contributed by atoms with E-state index in [1.165, 1.54) is 6.07 Å². The number of hydrogen-bond acceptors (Lipinski definition) is 3. The molecule has 1 N–H and O–H groups in total. The van der Waals surface area contributed by atoms with Gasteiger partial charge in [-0.05, 0) is 17.7 Å². The Morgan fingerprint density at radius 3 is 2.52 bits per heavy atom. The largest absolute Gasteiger partial charge is 0.324 e. The van der Waals surface area contributed by atoms with Crippen molar-refractivity contribution in [2.75, 3.05) is 5.32 Å². The molecule has 2 aromatic carbocycles. The Kier molecular flexibility index (Phi) is 4.49. The van der Waals surface area contributed by atoms with Crippen LogP contribution in [0.3, 0.4) is 0 Å². The average Bonchev–Trinajstić information content (AvgIpc) is 2.49. The first-order valence-electron chi connectivity index (χ1n) is 5.93. The Morgan fingerprint density at radius 2 is 1.90 bits per heavy atom. The molecule has 0 fully saturated rings. The number of amides is 1. The summed E-state index contributed by atoms with van der Waals surface area (Å²) in [5.74, 6) is -1.52. The second kappa shape index (κ2) is 6.32. The molecule has 0 bridgehead atoms. The number of alkyl halides is 1. The molecule has 0 aliphatic rings. The van der Waals surface area contributed by atoms with Crippen LogP contribution in [0.4, 0.5) is 15.8 Å². The maximum Gasteiger partial charge on any atom is 0.306 e. The zero-order valence-corrected chi connectivity index (χ0v) is 11.4. The third kappa shape index (κ3) is 3.55. The maximum atomic E-state index is 13.2. The lowest BCUT2D eigenvalue weighted by Gasteiger charge is -2.10. The van der Waals surface area contributed by atoms with Gasteiger partial charge in [0.1, 0.15) is 5.38 Å². The van der Waals surface area contributed by atoms with Crippen molar-refractivity contribution in [3.63, 3.8) is 0 Å². The fraction of sp³-hybridized carbons (Fsp3) is 0.0714. The van der Waals surface area contributed by atoms with Crippen molar-refractivity contribution in [2.24, 2.45) is 0 Å². The summed E-state index contributed by atoms with van der Waals surface area (Å²) in [7, 11) is 0.